The molecule has 0 saturated carbocycles. The minimum Gasteiger partial charge on any atom is -0.221 e. The van der Waals surface area contributed by atoms with Gasteiger partial charge in [0.2, 0.25) is 0 Å². The molecule has 0 aliphatic rings. The predicted octanol–water partition coefficient (Wildman–Crippen LogP) is 3.77. The SMILES string of the molecule is FNc1[c]c2c(F)c(F)c(F)c(F)c2c(F)c1F. The Morgan fingerprint density at radius 3 is 1.72 bits per heavy atom. The number of benzene rings is 2. The molecule has 0 unspecified atom stereocenters. The fourth-order valence-corrected chi connectivity index (χ4v) is 1.42. The van der Waals surface area contributed by atoms with E-state index >= 15 is 0 Å². The topological polar surface area (TPSA) is 12.0 Å². The molecule has 18 heavy (non-hydrogen) atoms. The third kappa shape index (κ3) is 1.48. The van der Waals surface area contributed by atoms with Crippen molar-refractivity contribution >= 4 is 16.5 Å². The molecule has 0 heterocycles. The Hall–Kier alpha value is -1.99. The maximum absolute atomic E-state index is 13.3. The molecule has 95 valence electrons. The zero-order valence-corrected chi connectivity index (χ0v) is 8.15. The summed E-state index contributed by atoms with van der Waals surface area (Å²) in [6, 6.07) is 1.54. The van der Waals surface area contributed by atoms with Crippen LogP contribution in [0.2, 0.25) is 0 Å². The van der Waals surface area contributed by atoms with Crippen LogP contribution in [0.5, 0.6) is 0 Å². The third-order valence-corrected chi connectivity index (χ3v) is 2.24. The Morgan fingerprint density at radius 1 is 0.667 bits per heavy atom. The van der Waals surface area contributed by atoms with Gasteiger partial charge < -0.3 is 0 Å². The van der Waals surface area contributed by atoms with Gasteiger partial charge in [-0.1, -0.05) is 0 Å². The Morgan fingerprint density at radius 2 is 1.17 bits per heavy atom. The van der Waals surface area contributed by atoms with Gasteiger partial charge in [-0.05, 0) is 0 Å². The van der Waals surface area contributed by atoms with E-state index in [1.54, 1.807) is 0 Å². The van der Waals surface area contributed by atoms with Crippen LogP contribution in [0.3, 0.4) is 0 Å². The molecule has 0 bridgehead atoms. The zero-order valence-electron chi connectivity index (χ0n) is 8.15. The normalized spacial score (nSPS) is 11.1. The molecule has 0 spiro atoms. The number of hydrogen-bond acceptors (Lipinski definition) is 1. The van der Waals surface area contributed by atoms with E-state index in [9.17, 15) is 30.8 Å². The summed E-state index contributed by atoms with van der Waals surface area (Å²) in [5.41, 5.74) is -0.655. The van der Waals surface area contributed by atoms with Gasteiger partial charge in [0.25, 0.3) is 0 Å². The summed E-state index contributed by atoms with van der Waals surface area (Å²) >= 11 is 0. The standard InChI is InChI=1S/C10HF7N/c11-5-2-1-3(18-17)6(12)7(13)4(2)8(14)10(16)9(5)15/h18H. The Bertz CT molecular complexity index is 653. The number of hydrogen-bond donors (Lipinski definition) is 1. The van der Waals surface area contributed by atoms with Gasteiger partial charge in [0.05, 0.1) is 5.39 Å². The molecule has 2 aromatic rings. The second-order valence-corrected chi connectivity index (χ2v) is 3.23. The van der Waals surface area contributed by atoms with E-state index in [1.807, 2.05) is 0 Å². The van der Waals surface area contributed by atoms with Crippen LogP contribution in [0, 0.1) is 41.0 Å². The number of anilines is 1. The average Bonchev–Trinajstić information content (AvgIpc) is 2.36. The molecule has 0 fully saturated rings. The van der Waals surface area contributed by atoms with E-state index in [0.29, 0.717) is 5.54 Å². The van der Waals surface area contributed by atoms with Crippen LogP contribution in [0.25, 0.3) is 10.8 Å². The summed E-state index contributed by atoms with van der Waals surface area (Å²) in [4.78, 5) is 0. The monoisotopic (exact) mass is 268 g/mol. The molecule has 0 amide bonds. The lowest BCUT2D eigenvalue weighted by Gasteiger charge is -2.08. The highest BCUT2D eigenvalue weighted by Crippen LogP contribution is 2.32. The number of rotatable bonds is 1. The molecule has 0 aromatic heterocycles. The molecule has 8 heteroatoms. The van der Waals surface area contributed by atoms with Crippen LogP contribution in [-0.2, 0) is 0 Å². The quantitative estimate of drug-likeness (QED) is 0.359. The zero-order chi connectivity index (χ0) is 13.6. The first-order chi connectivity index (χ1) is 8.40. The molecular formula is C10HF7N. The van der Waals surface area contributed by atoms with Crippen LogP contribution >= 0.6 is 0 Å². The van der Waals surface area contributed by atoms with Crippen molar-refractivity contribution < 1.29 is 30.8 Å². The summed E-state index contributed by atoms with van der Waals surface area (Å²) in [5, 5.41) is -2.73. The van der Waals surface area contributed by atoms with E-state index in [1.165, 1.54) is 6.07 Å². The van der Waals surface area contributed by atoms with Gasteiger partial charge >= 0.3 is 0 Å². The van der Waals surface area contributed by atoms with Gasteiger partial charge in [-0.25, -0.2) is 31.9 Å². The smallest absolute Gasteiger partial charge is 0.198 e. The van der Waals surface area contributed by atoms with Crippen molar-refractivity contribution in [3.8, 4) is 0 Å². The first-order valence-corrected chi connectivity index (χ1v) is 4.32. The number of halogens is 7. The molecule has 2 aromatic carbocycles. The van der Waals surface area contributed by atoms with Crippen molar-refractivity contribution in [3.05, 3.63) is 41.0 Å². The van der Waals surface area contributed by atoms with Crippen LogP contribution < -0.4 is 5.54 Å². The Labute approximate surface area is 94.8 Å². The van der Waals surface area contributed by atoms with Gasteiger partial charge in [-0.2, -0.15) is 0 Å². The van der Waals surface area contributed by atoms with Crippen molar-refractivity contribution in [2.45, 2.75) is 0 Å². The van der Waals surface area contributed by atoms with Crippen molar-refractivity contribution in [3.63, 3.8) is 0 Å². The van der Waals surface area contributed by atoms with Crippen molar-refractivity contribution in [1.29, 1.82) is 0 Å². The van der Waals surface area contributed by atoms with Crippen LogP contribution in [-0.4, -0.2) is 0 Å². The predicted molar refractivity (Wildman–Crippen MR) is 47.3 cm³/mol. The van der Waals surface area contributed by atoms with Gasteiger partial charge in [0, 0.05) is 11.5 Å². The summed E-state index contributed by atoms with van der Waals surface area (Å²) in [5.74, 6) is -12.6. The van der Waals surface area contributed by atoms with E-state index in [0.717, 1.165) is 0 Å². The van der Waals surface area contributed by atoms with Crippen LogP contribution in [0.1, 0.15) is 0 Å². The summed E-state index contributed by atoms with van der Waals surface area (Å²) in [6.07, 6.45) is 0. The van der Waals surface area contributed by atoms with E-state index in [2.05, 4.69) is 0 Å². The first-order valence-electron chi connectivity index (χ1n) is 4.32. The molecule has 0 atom stereocenters. The Balaban J connectivity index is 3.07. The van der Waals surface area contributed by atoms with Crippen molar-refractivity contribution in [2.24, 2.45) is 0 Å². The lowest BCUT2D eigenvalue weighted by molar-refractivity contribution is 0.414. The van der Waals surface area contributed by atoms with Crippen LogP contribution in [0.15, 0.2) is 0 Å². The van der Waals surface area contributed by atoms with E-state index in [-0.39, 0.29) is 0 Å². The number of nitrogens with one attached hydrogen (secondary N) is 1. The molecule has 0 aliphatic heterocycles. The highest BCUT2D eigenvalue weighted by molar-refractivity contribution is 5.87. The van der Waals surface area contributed by atoms with Crippen molar-refractivity contribution in [2.75, 3.05) is 5.54 Å². The van der Waals surface area contributed by atoms with Gasteiger partial charge in [0.15, 0.2) is 34.9 Å². The first kappa shape index (κ1) is 12.5. The molecule has 2 rings (SSSR count). The van der Waals surface area contributed by atoms with Gasteiger partial charge in [0.1, 0.15) is 5.69 Å². The maximum Gasteiger partial charge on any atom is 0.198 e. The van der Waals surface area contributed by atoms with E-state index < -0.39 is 51.4 Å². The highest BCUT2D eigenvalue weighted by atomic mass is 19.2. The largest absolute Gasteiger partial charge is 0.221 e. The Kier molecular flexibility index (Phi) is 2.80. The van der Waals surface area contributed by atoms with Gasteiger partial charge in [-0.3, -0.25) is 0 Å². The highest BCUT2D eigenvalue weighted by Gasteiger charge is 2.26. The molecule has 1 N–H and O–H groups in total. The summed E-state index contributed by atoms with van der Waals surface area (Å²) in [7, 11) is 0. The summed E-state index contributed by atoms with van der Waals surface area (Å²) < 4.78 is 90.5. The number of fused-ring (bicyclic) bond motifs is 1. The van der Waals surface area contributed by atoms with E-state index in [4.69, 9.17) is 0 Å². The third-order valence-electron chi connectivity index (χ3n) is 2.24. The summed E-state index contributed by atoms with van der Waals surface area (Å²) in [6.45, 7) is 0. The average molecular weight is 268 g/mol. The fraction of sp³-hybridized carbons (Fsp3) is 0. The minimum absolute atomic E-state index is 0.633. The van der Waals surface area contributed by atoms with Gasteiger partial charge in [-0.15, -0.1) is 4.48 Å². The molecule has 1 radical (unpaired) electrons. The lowest BCUT2D eigenvalue weighted by atomic mass is 10.1. The van der Waals surface area contributed by atoms with Crippen molar-refractivity contribution in [1.82, 2.24) is 0 Å². The maximum atomic E-state index is 13.3. The van der Waals surface area contributed by atoms with Crippen LogP contribution in [0.4, 0.5) is 36.5 Å². The fourth-order valence-electron chi connectivity index (χ4n) is 1.42. The molecule has 0 aliphatic carbocycles. The minimum atomic E-state index is -2.30. The molecule has 0 saturated heterocycles. The second kappa shape index (κ2) is 4.04. The molecule has 1 nitrogen and oxygen atoms in total. The lowest BCUT2D eigenvalue weighted by Crippen LogP contribution is -2.03. The molecular weight excluding hydrogens is 267 g/mol. The second-order valence-electron chi connectivity index (χ2n) is 3.23.